The fourth-order valence-corrected chi connectivity index (χ4v) is 1.87. The van der Waals surface area contributed by atoms with Gasteiger partial charge in [0.25, 0.3) is 0 Å². The van der Waals surface area contributed by atoms with Gasteiger partial charge in [-0.15, -0.1) is 0 Å². The van der Waals surface area contributed by atoms with Gasteiger partial charge in [-0.3, -0.25) is 4.79 Å². The molecular formula is C13H25NO2. The number of rotatable bonds is 5. The SMILES string of the molecule is CCC(N[C@H](C)C(=O)OC(C)(C)C)C1CC1. The van der Waals surface area contributed by atoms with E-state index in [1.165, 1.54) is 12.8 Å². The van der Waals surface area contributed by atoms with Crippen molar-refractivity contribution in [3.05, 3.63) is 0 Å². The van der Waals surface area contributed by atoms with Crippen LogP contribution in [-0.2, 0) is 9.53 Å². The van der Waals surface area contributed by atoms with Gasteiger partial charge in [0.1, 0.15) is 11.6 Å². The second-order valence-corrected chi connectivity index (χ2v) is 5.77. The second kappa shape index (κ2) is 5.17. The highest BCUT2D eigenvalue weighted by Gasteiger charge is 2.32. The summed E-state index contributed by atoms with van der Waals surface area (Å²) >= 11 is 0. The number of esters is 1. The van der Waals surface area contributed by atoms with E-state index in [1.807, 2.05) is 27.7 Å². The molecule has 1 aliphatic rings. The third-order valence-electron chi connectivity index (χ3n) is 2.86. The van der Waals surface area contributed by atoms with Gasteiger partial charge in [-0.05, 0) is 52.9 Å². The van der Waals surface area contributed by atoms with Crippen molar-refractivity contribution in [3.8, 4) is 0 Å². The van der Waals surface area contributed by atoms with Crippen LogP contribution in [0.1, 0.15) is 53.9 Å². The minimum atomic E-state index is -0.395. The lowest BCUT2D eigenvalue weighted by molar-refractivity contribution is -0.157. The molecule has 0 bridgehead atoms. The summed E-state index contributed by atoms with van der Waals surface area (Å²) in [4.78, 5) is 11.8. The van der Waals surface area contributed by atoms with E-state index in [0.717, 1.165) is 12.3 Å². The quantitative estimate of drug-likeness (QED) is 0.733. The topological polar surface area (TPSA) is 38.3 Å². The summed E-state index contributed by atoms with van der Waals surface area (Å²) in [5, 5.41) is 3.38. The fraction of sp³-hybridized carbons (Fsp3) is 0.923. The van der Waals surface area contributed by atoms with Crippen molar-refractivity contribution in [2.75, 3.05) is 0 Å². The summed E-state index contributed by atoms with van der Waals surface area (Å²) in [7, 11) is 0. The van der Waals surface area contributed by atoms with Crippen LogP contribution in [-0.4, -0.2) is 23.7 Å². The van der Waals surface area contributed by atoms with Crippen molar-refractivity contribution >= 4 is 5.97 Å². The van der Waals surface area contributed by atoms with E-state index in [4.69, 9.17) is 4.74 Å². The van der Waals surface area contributed by atoms with Gasteiger partial charge in [0, 0.05) is 6.04 Å². The van der Waals surface area contributed by atoms with Crippen LogP contribution in [0.4, 0.5) is 0 Å². The van der Waals surface area contributed by atoms with Crippen LogP contribution in [0.15, 0.2) is 0 Å². The van der Waals surface area contributed by atoms with Crippen LogP contribution in [0.3, 0.4) is 0 Å². The van der Waals surface area contributed by atoms with Crippen molar-refractivity contribution in [2.24, 2.45) is 5.92 Å². The van der Waals surface area contributed by atoms with Gasteiger partial charge in [-0.2, -0.15) is 0 Å². The Hall–Kier alpha value is -0.570. The number of ether oxygens (including phenoxy) is 1. The van der Waals surface area contributed by atoms with Crippen LogP contribution >= 0.6 is 0 Å². The van der Waals surface area contributed by atoms with Gasteiger partial charge in [0.15, 0.2) is 0 Å². The molecule has 0 amide bonds. The summed E-state index contributed by atoms with van der Waals surface area (Å²) in [5.74, 6) is 0.626. The Kier molecular flexibility index (Phi) is 4.36. The highest BCUT2D eigenvalue weighted by molar-refractivity contribution is 5.75. The smallest absolute Gasteiger partial charge is 0.323 e. The maximum absolute atomic E-state index is 11.8. The van der Waals surface area contributed by atoms with E-state index in [1.54, 1.807) is 0 Å². The van der Waals surface area contributed by atoms with E-state index < -0.39 is 5.60 Å². The molecule has 1 N–H and O–H groups in total. The maximum atomic E-state index is 11.8. The van der Waals surface area contributed by atoms with Crippen molar-refractivity contribution in [1.29, 1.82) is 0 Å². The van der Waals surface area contributed by atoms with Gasteiger partial charge < -0.3 is 10.1 Å². The second-order valence-electron chi connectivity index (χ2n) is 5.77. The molecule has 1 aliphatic carbocycles. The van der Waals surface area contributed by atoms with Gasteiger partial charge in [-0.1, -0.05) is 6.92 Å². The molecule has 1 unspecified atom stereocenters. The number of carbonyl (C=O) groups excluding carboxylic acids is 1. The molecule has 3 nitrogen and oxygen atoms in total. The molecule has 0 spiro atoms. The molecule has 0 heterocycles. The molecule has 94 valence electrons. The first-order chi connectivity index (χ1) is 7.33. The Balaban J connectivity index is 2.38. The monoisotopic (exact) mass is 227 g/mol. The predicted octanol–water partition coefficient (Wildman–Crippen LogP) is 2.49. The Morgan fingerprint density at radius 3 is 2.38 bits per heavy atom. The van der Waals surface area contributed by atoms with Gasteiger partial charge in [0.2, 0.25) is 0 Å². The average molecular weight is 227 g/mol. The standard InChI is InChI=1S/C13H25NO2/c1-6-11(10-7-8-10)14-9(2)12(15)16-13(3,4)5/h9-11,14H,6-8H2,1-5H3/t9-,11?/m1/s1. The van der Waals surface area contributed by atoms with Crippen molar-refractivity contribution in [3.63, 3.8) is 0 Å². The van der Waals surface area contributed by atoms with Crippen LogP contribution < -0.4 is 5.32 Å². The van der Waals surface area contributed by atoms with Crippen LogP contribution in [0, 0.1) is 5.92 Å². The Bertz CT molecular complexity index is 241. The third-order valence-corrected chi connectivity index (χ3v) is 2.86. The molecule has 3 heteroatoms. The van der Waals surface area contributed by atoms with Crippen LogP contribution in [0.5, 0.6) is 0 Å². The molecule has 0 aromatic carbocycles. The lowest BCUT2D eigenvalue weighted by atomic mass is 10.1. The van der Waals surface area contributed by atoms with E-state index in [2.05, 4.69) is 12.2 Å². The van der Waals surface area contributed by atoms with Crippen molar-refractivity contribution in [2.45, 2.75) is 71.6 Å². The Morgan fingerprint density at radius 2 is 2.00 bits per heavy atom. The molecule has 0 aliphatic heterocycles. The zero-order valence-corrected chi connectivity index (χ0v) is 11.2. The summed E-state index contributed by atoms with van der Waals surface area (Å²) in [5.41, 5.74) is -0.395. The highest BCUT2D eigenvalue weighted by Crippen LogP contribution is 2.34. The van der Waals surface area contributed by atoms with Crippen LogP contribution in [0.2, 0.25) is 0 Å². The molecule has 16 heavy (non-hydrogen) atoms. The molecular weight excluding hydrogens is 202 g/mol. The molecule has 0 aromatic rings. The fourth-order valence-electron chi connectivity index (χ4n) is 1.87. The number of hydrogen-bond donors (Lipinski definition) is 1. The molecule has 1 fully saturated rings. The summed E-state index contributed by atoms with van der Waals surface area (Å²) in [6.45, 7) is 9.75. The van der Waals surface area contributed by atoms with Gasteiger partial charge >= 0.3 is 5.97 Å². The number of carbonyl (C=O) groups is 1. The van der Waals surface area contributed by atoms with Gasteiger partial charge in [-0.25, -0.2) is 0 Å². The molecule has 0 radical (unpaired) electrons. The first kappa shape index (κ1) is 13.5. The van der Waals surface area contributed by atoms with Crippen molar-refractivity contribution < 1.29 is 9.53 Å². The summed E-state index contributed by atoms with van der Waals surface area (Å²) in [6, 6.07) is 0.271. The van der Waals surface area contributed by atoms with Crippen LogP contribution in [0.25, 0.3) is 0 Å². The first-order valence-electron chi connectivity index (χ1n) is 6.32. The molecule has 1 rings (SSSR count). The molecule has 2 atom stereocenters. The number of nitrogens with one attached hydrogen (secondary N) is 1. The zero-order valence-electron chi connectivity index (χ0n) is 11.2. The van der Waals surface area contributed by atoms with E-state index >= 15 is 0 Å². The Morgan fingerprint density at radius 1 is 1.44 bits per heavy atom. The van der Waals surface area contributed by atoms with Gasteiger partial charge in [0.05, 0.1) is 0 Å². The van der Waals surface area contributed by atoms with E-state index in [9.17, 15) is 4.79 Å². The normalized spacial score (nSPS) is 20.3. The molecule has 1 saturated carbocycles. The lowest BCUT2D eigenvalue weighted by Crippen LogP contribution is -2.44. The Labute approximate surface area is 98.9 Å². The average Bonchev–Trinajstić information content (AvgIpc) is 2.94. The third kappa shape index (κ3) is 4.52. The van der Waals surface area contributed by atoms with Crippen molar-refractivity contribution in [1.82, 2.24) is 5.32 Å². The lowest BCUT2D eigenvalue weighted by Gasteiger charge is -2.25. The van der Waals surface area contributed by atoms with E-state index in [-0.39, 0.29) is 12.0 Å². The highest BCUT2D eigenvalue weighted by atomic mass is 16.6. The minimum absolute atomic E-state index is 0.147. The summed E-state index contributed by atoms with van der Waals surface area (Å²) < 4.78 is 5.34. The minimum Gasteiger partial charge on any atom is -0.459 e. The number of hydrogen-bond acceptors (Lipinski definition) is 3. The molecule has 0 aromatic heterocycles. The first-order valence-corrected chi connectivity index (χ1v) is 6.32. The predicted molar refractivity (Wildman–Crippen MR) is 65.2 cm³/mol. The molecule has 0 saturated heterocycles. The van der Waals surface area contributed by atoms with E-state index in [0.29, 0.717) is 6.04 Å². The summed E-state index contributed by atoms with van der Waals surface area (Å²) in [6.07, 6.45) is 3.68. The largest absolute Gasteiger partial charge is 0.459 e. The zero-order chi connectivity index (χ0) is 12.3. The maximum Gasteiger partial charge on any atom is 0.323 e.